The van der Waals surface area contributed by atoms with Crippen molar-refractivity contribution in [2.45, 2.75) is 6.92 Å². The molecule has 0 saturated carbocycles. The van der Waals surface area contributed by atoms with Crippen molar-refractivity contribution >= 4 is 5.57 Å². The van der Waals surface area contributed by atoms with Gasteiger partial charge in [-0.15, -0.1) is 0 Å². The molecule has 21 heavy (non-hydrogen) atoms. The number of rotatable bonds is 4. The maximum Gasteiger partial charge on any atom is 0.165 e. The first-order valence-corrected chi connectivity index (χ1v) is 6.44. The Morgan fingerprint density at radius 3 is 1.57 bits per heavy atom. The van der Waals surface area contributed by atoms with Gasteiger partial charge in [-0.25, -0.2) is 8.78 Å². The maximum absolute atomic E-state index is 13.8. The second-order valence-electron chi connectivity index (χ2n) is 4.40. The van der Waals surface area contributed by atoms with E-state index in [9.17, 15) is 8.78 Å². The fourth-order valence-electron chi connectivity index (χ4n) is 2.17. The van der Waals surface area contributed by atoms with Gasteiger partial charge in [0.25, 0.3) is 0 Å². The Kier molecular flexibility index (Phi) is 4.58. The molecule has 2 rings (SSSR count). The fourth-order valence-corrected chi connectivity index (χ4v) is 2.17. The molecule has 0 N–H and O–H groups in total. The molecule has 0 spiro atoms. The lowest BCUT2D eigenvalue weighted by Crippen LogP contribution is -1.94. The van der Waals surface area contributed by atoms with Crippen LogP contribution in [0.4, 0.5) is 8.78 Å². The van der Waals surface area contributed by atoms with Crippen molar-refractivity contribution in [2.24, 2.45) is 0 Å². The molecule has 4 heteroatoms. The Morgan fingerprint density at radius 1 is 0.857 bits per heavy atom. The summed E-state index contributed by atoms with van der Waals surface area (Å²) in [4.78, 5) is 0. The smallest absolute Gasteiger partial charge is 0.165 e. The molecule has 2 aromatic carbocycles. The molecular weight excluding hydrogens is 274 g/mol. The molecule has 0 atom stereocenters. The van der Waals surface area contributed by atoms with Crippen molar-refractivity contribution < 1.29 is 18.3 Å². The highest BCUT2D eigenvalue weighted by Crippen LogP contribution is 2.29. The predicted octanol–water partition coefficient (Wildman–Crippen LogP) is 4.43. The van der Waals surface area contributed by atoms with Gasteiger partial charge < -0.3 is 9.47 Å². The molecule has 0 aliphatic rings. The standard InChI is InChI=1S/C17H16F2O2/c1-4-13(11-5-7-16(20-2)14(18)9-11)12-6-8-17(21-3)15(19)10-12/h4-10H,1-3H3. The summed E-state index contributed by atoms with van der Waals surface area (Å²) in [5.74, 6) is -0.558. The zero-order valence-electron chi connectivity index (χ0n) is 12.1. The zero-order chi connectivity index (χ0) is 15.4. The van der Waals surface area contributed by atoms with E-state index in [0.717, 1.165) is 5.57 Å². The first kappa shape index (κ1) is 15.0. The molecule has 0 aliphatic carbocycles. The number of hydrogen-bond acceptors (Lipinski definition) is 2. The van der Waals surface area contributed by atoms with Crippen LogP contribution in [-0.2, 0) is 0 Å². The summed E-state index contributed by atoms with van der Waals surface area (Å²) in [5, 5.41) is 0. The number of methoxy groups -OCH3 is 2. The maximum atomic E-state index is 13.8. The van der Waals surface area contributed by atoms with Crippen LogP contribution in [0.2, 0.25) is 0 Å². The van der Waals surface area contributed by atoms with Crippen LogP contribution in [0.3, 0.4) is 0 Å². The van der Waals surface area contributed by atoms with E-state index in [1.165, 1.54) is 26.4 Å². The minimum atomic E-state index is -0.455. The predicted molar refractivity (Wildman–Crippen MR) is 78.7 cm³/mol. The van der Waals surface area contributed by atoms with E-state index in [4.69, 9.17) is 9.47 Å². The van der Waals surface area contributed by atoms with E-state index in [0.29, 0.717) is 11.1 Å². The lowest BCUT2D eigenvalue weighted by Gasteiger charge is -2.11. The second kappa shape index (κ2) is 6.39. The van der Waals surface area contributed by atoms with Crippen molar-refractivity contribution in [1.82, 2.24) is 0 Å². The van der Waals surface area contributed by atoms with Gasteiger partial charge in [-0.2, -0.15) is 0 Å². The third-order valence-electron chi connectivity index (χ3n) is 3.21. The van der Waals surface area contributed by atoms with Gasteiger partial charge in [0.05, 0.1) is 14.2 Å². The molecule has 0 fully saturated rings. The fraction of sp³-hybridized carbons (Fsp3) is 0.176. The van der Waals surface area contributed by atoms with Gasteiger partial charge in [-0.05, 0) is 47.9 Å². The third kappa shape index (κ3) is 3.05. The number of hydrogen-bond donors (Lipinski definition) is 0. The molecule has 0 aliphatic heterocycles. The number of ether oxygens (including phenoxy) is 2. The first-order chi connectivity index (χ1) is 10.1. The lowest BCUT2D eigenvalue weighted by molar-refractivity contribution is 0.386. The Labute approximate surface area is 122 Å². The van der Waals surface area contributed by atoms with Crippen molar-refractivity contribution in [3.05, 3.63) is 65.2 Å². The Balaban J connectivity index is 2.45. The second-order valence-corrected chi connectivity index (χ2v) is 4.40. The molecule has 0 bridgehead atoms. The highest BCUT2D eigenvalue weighted by atomic mass is 19.1. The van der Waals surface area contributed by atoms with Gasteiger partial charge in [0, 0.05) is 0 Å². The number of allylic oxidation sites excluding steroid dienone is 1. The molecule has 110 valence electrons. The average molecular weight is 290 g/mol. The lowest BCUT2D eigenvalue weighted by atomic mass is 9.97. The van der Waals surface area contributed by atoms with Crippen LogP contribution in [0.25, 0.3) is 5.57 Å². The van der Waals surface area contributed by atoms with Gasteiger partial charge in [-0.1, -0.05) is 18.2 Å². The Morgan fingerprint density at radius 2 is 1.29 bits per heavy atom. The highest BCUT2D eigenvalue weighted by Gasteiger charge is 2.11. The summed E-state index contributed by atoms with van der Waals surface area (Å²) in [6.07, 6.45) is 1.81. The summed E-state index contributed by atoms with van der Waals surface area (Å²) in [6.45, 7) is 1.82. The topological polar surface area (TPSA) is 18.5 Å². The van der Waals surface area contributed by atoms with Gasteiger partial charge in [0.2, 0.25) is 0 Å². The number of halogens is 2. The molecule has 0 aromatic heterocycles. The van der Waals surface area contributed by atoms with Gasteiger partial charge in [0.1, 0.15) is 0 Å². The van der Waals surface area contributed by atoms with Crippen LogP contribution >= 0.6 is 0 Å². The monoisotopic (exact) mass is 290 g/mol. The van der Waals surface area contributed by atoms with Crippen molar-refractivity contribution in [3.63, 3.8) is 0 Å². The first-order valence-electron chi connectivity index (χ1n) is 6.44. The summed E-state index contributed by atoms with van der Waals surface area (Å²) in [5.41, 5.74) is 2.04. The third-order valence-corrected chi connectivity index (χ3v) is 3.21. The molecular formula is C17H16F2O2. The van der Waals surface area contributed by atoms with Crippen LogP contribution in [0.5, 0.6) is 11.5 Å². The quantitative estimate of drug-likeness (QED) is 0.829. The van der Waals surface area contributed by atoms with E-state index in [1.807, 2.05) is 13.0 Å². The van der Waals surface area contributed by atoms with E-state index in [2.05, 4.69) is 0 Å². The molecule has 2 nitrogen and oxygen atoms in total. The Hall–Kier alpha value is -2.36. The summed E-state index contributed by atoms with van der Waals surface area (Å²) < 4.78 is 37.4. The Bertz CT molecular complexity index is 623. The molecule has 2 aromatic rings. The van der Waals surface area contributed by atoms with Gasteiger partial charge in [-0.3, -0.25) is 0 Å². The minimum Gasteiger partial charge on any atom is -0.494 e. The van der Waals surface area contributed by atoms with Crippen molar-refractivity contribution in [1.29, 1.82) is 0 Å². The molecule has 0 amide bonds. The minimum absolute atomic E-state index is 0.176. The van der Waals surface area contributed by atoms with E-state index < -0.39 is 11.6 Å². The average Bonchev–Trinajstić information content (AvgIpc) is 2.48. The SMILES string of the molecule is CC=C(c1ccc(OC)c(F)c1)c1ccc(OC)c(F)c1. The van der Waals surface area contributed by atoms with Crippen LogP contribution < -0.4 is 9.47 Å². The van der Waals surface area contributed by atoms with E-state index in [1.54, 1.807) is 24.3 Å². The summed E-state index contributed by atoms with van der Waals surface area (Å²) in [7, 11) is 2.82. The van der Waals surface area contributed by atoms with Gasteiger partial charge >= 0.3 is 0 Å². The summed E-state index contributed by atoms with van der Waals surface area (Å²) in [6, 6.07) is 9.31. The normalized spacial score (nSPS) is 10.1. The highest BCUT2D eigenvalue weighted by molar-refractivity contribution is 5.80. The van der Waals surface area contributed by atoms with E-state index in [-0.39, 0.29) is 11.5 Å². The van der Waals surface area contributed by atoms with Crippen molar-refractivity contribution in [3.8, 4) is 11.5 Å². The van der Waals surface area contributed by atoms with Crippen LogP contribution in [-0.4, -0.2) is 14.2 Å². The zero-order valence-corrected chi connectivity index (χ0v) is 12.1. The number of benzene rings is 2. The summed E-state index contributed by atoms with van der Waals surface area (Å²) >= 11 is 0. The molecule has 0 heterocycles. The molecule has 0 saturated heterocycles. The van der Waals surface area contributed by atoms with Crippen LogP contribution in [0.15, 0.2) is 42.5 Å². The van der Waals surface area contributed by atoms with Crippen LogP contribution in [0.1, 0.15) is 18.1 Å². The van der Waals surface area contributed by atoms with Crippen molar-refractivity contribution in [2.75, 3.05) is 14.2 Å². The van der Waals surface area contributed by atoms with Crippen LogP contribution in [0, 0.1) is 11.6 Å². The van der Waals surface area contributed by atoms with E-state index >= 15 is 0 Å². The molecule has 0 unspecified atom stereocenters. The molecule has 0 radical (unpaired) electrons. The largest absolute Gasteiger partial charge is 0.494 e. The van der Waals surface area contributed by atoms with Gasteiger partial charge in [0.15, 0.2) is 23.1 Å².